The third-order valence-corrected chi connectivity index (χ3v) is 3.70. The molecule has 0 bridgehead atoms. The van der Waals surface area contributed by atoms with E-state index < -0.39 is 0 Å². The molecule has 1 heterocycles. The molecule has 0 radical (unpaired) electrons. The van der Waals surface area contributed by atoms with Crippen molar-refractivity contribution in [1.82, 2.24) is 10.4 Å². The Balaban J connectivity index is 0.000000152. The van der Waals surface area contributed by atoms with Crippen molar-refractivity contribution < 1.29 is 4.52 Å². The van der Waals surface area contributed by atoms with Crippen molar-refractivity contribution in [2.24, 2.45) is 0 Å². The standard InChI is InChI=1S/C14H12.C9H8N2O/c1-3-7-13(8-4-1)11-12-14-9-5-2-6-10-14;1-2-4-8(5-3-1)6-9-7-12-11-10-9/h1-12H;1-5,7H,6H2. The summed E-state index contributed by atoms with van der Waals surface area (Å²) in [6.07, 6.45) is 6.59. The predicted molar refractivity (Wildman–Crippen MR) is 105 cm³/mol. The molecule has 0 amide bonds. The maximum Gasteiger partial charge on any atom is 0.147 e. The summed E-state index contributed by atoms with van der Waals surface area (Å²) < 4.78 is 4.63. The van der Waals surface area contributed by atoms with Gasteiger partial charge in [-0.1, -0.05) is 103 Å². The Morgan fingerprint density at radius 2 is 1.15 bits per heavy atom. The summed E-state index contributed by atoms with van der Waals surface area (Å²) in [7, 11) is 0. The number of benzene rings is 3. The minimum absolute atomic E-state index is 0.782. The molecule has 0 unspecified atom stereocenters. The fourth-order valence-electron chi connectivity index (χ4n) is 2.39. The van der Waals surface area contributed by atoms with E-state index in [0.29, 0.717) is 0 Å². The molecule has 4 aromatic rings. The normalized spacial score (nSPS) is 10.3. The second kappa shape index (κ2) is 9.74. The van der Waals surface area contributed by atoms with Gasteiger partial charge in [0.25, 0.3) is 0 Å². The summed E-state index contributed by atoms with van der Waals surface area (Å²) in [4.78, 5) is 0. The van der Waals surface area contributed by atoms with Crippen molar-refractivity contribution in [3.05, 3.63) is 120 Å². The molecule has 0 aliphatic carbocycles. The van der Waals surface area contributed by atoms with E-state index in [1.807, 2.05) is 54.6 Å². The zero-order valence-electron chi connectivity index (χ0n) is 14.4. The molecule has 0 saturated heterocycles. The Kier molecular flexibility index (Phi) is 6.51. The molecule has 0 saturated carbocycles. The Hall–Kier alpha value is -3.46. The topological polar surface area (TPSA) is 38.9 Å². The van der Waals surface area contributed by atoms with Gasteiger partial charge in [-0.3, -0.25) is 0 Å². The molecule has 128 valence electrons. The van der Waals surface area contributed by atoms with Crippen molar-refractivity contribution >= 4 is 12.2 Å². The maximum absolute atomic E-state index is 4.63. The summed E-state index contributed by atoms with van der Waals surface area (Å²) in [5.41, 5.74) is 4.54. The molecule has 0 aliphatic rings. The summed E-state index contributed by atoms with van der Waals surface area (Å²) in [5, 5.41) is 7.19. The van der Waals surface area contributed by atoms with E-state index in [2.05, 4.69) is 63.4 Å². The largest absolute Gasteiger partial charge is 0.345 e. The first-order valence-corrected chi connectivity index (χ1v) is 8.48. The number of hydrogen-bond acceptors (Lipinski definition) is 3. The first kappa shape index (κ1) is 17.4. The molecule has 3 nitrogen and oxygen atoms in total. The molecule has 0 spiro atoms. The zero-order chi connectivity index (χ0) is 17.9. The van der Waals surface area contributed by atoms with Crippen LogP contribution in [0.25, 0.3) is 12.2 Å². The van der Waals surface area contributed by atoms with Crippen LogP contribution >= 0.6 is 0 Å². The van der Waals surface area contributed by atoms with Gasteiger partial charge in [0.1, 0.15) is 12.0 Å². The van der Waals surface area contributed by atoms with Crippen LogP contribution in [0.2, 0.25) is 0 Å². The number of nitrogens with zero attached hydrogens (tertiary/aromatic N) is 2. The summed E-state index contributed by atoms with van der Waals surface area (Å²) in [6, 6.07) is 30.7. The van der Waals surface area contributed by atoms with Crippen LogP contribution in [0.4, 0.5) is 0 Å². The molecule has 0 aliphatic heterocycles. The molecule has 1 aromatic heterocycles. The van der Waals surface area contributed by atoms with Gasteiger partial charge in [-0.15, -0.1) is 5.10 Å². The average molecular weight is 340 g/mol. The van der Waals surface area contributed by atoms with E-state index in [1.165, 1.54) is 16.7 Å². The quantitative estimate of drug-likeness (QED) is 0.459. The Morgan fingerprint density at radius 3 is 1.62 bits per heavy atom. The lowest BCUT2D eigenvalue weighted by atomic mass is 10.1. The number of hydrogen-bond donors (Lipinski definition) is 0. The van der Waals surface area contributed by atoms with Gasteiger partial charge in [-0.2, -0.15) is 0 Å². The summed E-state index contributed by atoms with van der Waals surface area (Å²) >= 11 is 0. The Labute approximate surface area is 153 Å². The van der Waals surface area contributed by atoms with E-state index >= 15 is 0 Å². The molecule has 26 heavy (non-hydrogen) atoms. The Morgan fingerprint density at radius 1 is 0.654 bits per heavy atom. The van der Waals surface area contributed by atoms with Gasteiger partial charge < -0.3 is 4.52 Å². The molecule has 3 aromatic carbocycles. The highest BCUT2D eigenvalue weighted by molar-refractivity contribution is 5.69. The SMILES string of the molecule is C(=Cc1ccccc1)c1ccccc1.c1ccc(Cc2conn2)cc1. The molecule has 0 N–H and O–H groups in total. The van der Waals surface area contributed by atoms with Crippen molar-refractivity contribution in [3.8, 4) is 0 Å². The first-order chi connectivity index (χ1) is 12.9. The van der Waals surface area contributed by atoms with Gasteiger partial charge in [0.15, 0.2) is 0 Å². The molecular formula is C23H20N2O. The van der Waals surface area contributed by atoms with Crippen LogP contribution in [-0.4, -0.2) is 10.4 Å². The van der Waals surface area contributed by atoms with Crippen LogP contribution in [0.1, 0.15) is 22.4 Å². The molecule has 0 fully saturated rings. The third kappa shape index (κ3) is 5.87. The van der Waals surface area contributed by atoms with E-state index in [9.17, 15) is 0 Å². The van der Waals surface area contributed by atoms with Crippen molar-refractivity contribution in [2.45, 2.75) is 6.42 Å². The lowest BCUT2D eigenvalue weighted by Crippen LogP contribution is -1.86. The van der Waals surface area contributed by atoms with E-state index in [4.69, 9.17) is 0 Å². The van der Waals surface area contributed by atoms with Crippen molar-refractivity contribution in [3.63, 3.8) is 0 Å². The first-order valence-electron chi connectivity index (χ1n) is 8.48. The summed E-state index contributed by atoms with van der Waals surface area (Å²) in [5.74, 6) is 0. The number of aromatic nitrogens is 2. The molecule has 0 atom stereocenters. The van der Waals surface area contributed by atoms with Crippen LogP contribution in [-0.2, 0) is 6.42 Å². The predicted octanol–water partition coefficient (Wildman–Crippen LogP) is 5.52. The third-order valence-electron chi connectivity index (χ3n) is 3.70. The van der Waals surface area contributed by atoms with Crippen LogP contribution in [0.15, 0.2) is 102 Å². The van der Waals surface area contributed by atoms with Gasteiger partial charge in [0.05, 0.1) is 0 Å². The fourth-order valence-corrected chi connectivity index (χ4v) is 2.39. The zero-order valence-corrected chi connectivity index (χ0v) is 14.4. The highest BCUT2D eigenvalue weighted by Gasteiger charge is 1.98. The summed E-state index contributed by atoms with van der Waals surface area (Å²) in [6.45, 7) is 0. The average Bonchev–Trinajstić information content (AvgIpc) is 3.22. The van der Waals surface area contributed by atoms with Crippen LogP contribution in [0.5, 0.6) is 0 Å². The van der Waals surface area contributed by atoms with E-state index in [-0.39, 0.29) is 0 Å². The monoisotopic (exact) mass is 340 g/mol. The number of rotatable bonds is 4. The molecular weight excluding hydrogens is 320 g/mol. The second-order valence-corrected chi connectivity index (χ2v) is 5.71. The van der Waals surface area contributed by atoms with E-state index in [1.54, 1.807) is 6.26 Å². The maximum atomic E-state index is 4.63. The smallest absolute Gasteiger partial charge is 0.147 e. The highest BCUT2D eigenvalue weighted by atomic mass is 16.5. The lowest BCUT2D eigenvalue weighted by molar-refractivity contribution is 0.392. The van der Waals surface area contributed by atoms with Crippen molar-refractivity contribution in [2.75, 3.05) is 0 Å². The Bertz CT molecular complexity index is 845. The minimum atomic E-state index is 0.782. The van der Waals surface area contributed by atoms with Gasteiger partial charge in [-0.25, -0.2) is 0 Å². The van der Waals surface area contributed by atoms with Gasteiger partial charge >= 0.3 is 0 Å². The van der Waals surface area contributed by atoms with E-state index in [0.717, 1.165) is 12.1 Å². The van der Waals surface area contributed by atoms with Crippen LogP contribution < -0.4 is 0 Å². The minimum Gasteiger partial charge on any atom is -0.345 e. The van der Waals surface area contributed by atoms with Crippen molar-refractivity contribution in [1.29, 1.82) is 0 Å². The molecule has 3 heteroatoms. The van der Waals surface area contributed by atoms with Gasteiger partial charge in [0.2, 0.25) is 0 Å². The van der Waals surface area contributed by atoms with Gasteiger partial charge in [0, 0.05) is 11.7 Å². The lowest BCUT2D eigenvalue weighted by Gasteiger charge is -1.93. The molecule has 4 rings (SSSR count). The van der Waals surface area contributed by atoms with Crippen LogP contribution in [0, 0.1) is 0 Å². The second-order valence-electron chi connectivity index (χ2n) is 5.71. The van der Waals surface area contributed by atoms with Crippen LogP contribution in [0.3, 0.4) is 0 Å². The van der Waals surface area contributed by atoms with Gasteiger partial charge in [-0.05, 0) is 16.7 Å². The highest BCUT2D eigenvalue weighted by Crippen LogP contribution is 2.07. The fraction of sp³-hybridized carbons (Fsp3) is 0.0435.